The van der Waals surface area contributed by atoms with Crippen LogP contribution >= 0.6 is 17.4 Å². The van der Waals surface area contributed by atoms with Crippen molar-refractivity contribution in [2.75, 3.05) is 0 Å². The van der Waals surface area contributed by atoms with Gasteiger partial charge in [0.2, 0.25) is 0 Å². The molecule has 0 aliphatic carbocycles. The van der Waals surface area contributed by atoms with Crippen LogP contribution in [-0.4, -0.2) is 6.16 Å². The molecule has 0 spiro atoms. The summed E-state index contributed by atoms with van der Waals surface area (Å²) in [6, 6.07) is 0. The number of carbonyl (C=O) groups excluding carboxylic acids is 1. The summed E-state index contributed by atoms with van der Waals surface area (Å²) < 4.78 is 26.0. The molecule has 0 atom stereocenters. The Bertz CT molecular complexity index is 97.0. The second-order valence-electron chi connectivity index (χ2n) is 0.582. The predicted octanol–water partition coefficient (Wildman–Crippen LogP) is 1.55. The van der Waals surface area contributed by atoms with Crippen LogP contribution in [0.1, 0.15) is 0 Å². The van der Waals surface area contributed by atoms with Gasteiger partial charge in [-0.2, -0.15) is 0 Å². The molecular weight excluding hydrogens is 154 g/mol. The maximum atomic E-state index is 9.78. The van der Waals surface area contributed by atoms with Crippen molar-refractivity contribution in [1.29, 1.82) is 0 Å². The van der Waals surface area contributed by atoms with E-state index in [-0.39, 0.29) is 0 Å². The van der Waals surface area contributed by atoms with Crippen LogP contribution in [0.15, 0.2) is 0 Å². The molecule has 0 radical (unpaired) electrons. The molecule has 0 heterocycles. The highest BCUT2D eigenvalue weighted by molar-refractivity contribution is 7.19. The van der Waals surface area contributed by atoms with Crippen LogP contribution in [-0.2, 0) is 18.2 Å². The predicted molar refractivity (Wildman–Crippen MR) is 22.8 cm³/mol. The van der Waals surface area contributed by atoms with Crippen molar-refractivity contribution >= 4 is 23.5 Å². The van der Waals surface area contributed by atoms with Crippen molar-refractivity contribution in [2.45, 2.75) is 0 Å². The fraction of sp³-hybridized carbons (Fsp3) is 0. The molecule has 0 unspecified atom stereocenters. The zero-order valence-corrected chi connectivity index (χ0v) is 5.22. The number of carbonyl (C=O) groups is 1. The zero-order chi connectivity index (χ0) is 6.41. The summed E-state index contributed by atoms with van der Waals surface area (Å²) in [5, 5.41) is 0. The second-order valence-corrected chi connectivity index (χ2v) is 1.24. The molecule has 0 fully saturated rings. The van der Waals surface area contributed by atoms with Crippen molar-refractivity contribution in [3.63, 3.8) is 0 Å². The van der Waals surface area contributed by atoms with Gasteiger partial charge in [-0.05, 0) is 0 Å². The van der Waals surface area contributed by atoms with Gasteiger partial charge in [-0.3, -0.25) is 0 Å². The first-order valence-electron chi connectivity index (χ1n) is 1.34. The first-order valence-corrected chi connectivity index (χ1v) is 2.80. The minimum Gasteiger partial charge on any atom is -0.339 e. The van der Waals surface area contributed by atoms with E-state index in [0.717, 1.165) is 0 Å². The Labute approximate surface area is 47.5 Å². The second kappa shape index (κ2) is 4.62. The molecule has 8 heavy (non-hydrogen) atoms. The van der Waals surface area contributed by atoms with E-state index in [9.17, 15) is 13.9 Å². The van der Waals surface area contributed by atoms with Gasteiger partial charge in [0.05, 0.1) is 0 Å². The first kappa shape index (κ1) is 7.47. The SMILES string of the molecule is O=POC(=O)OP=O. The molecule has 0 saturated carbocycles. The maximum absolute atomic E-state index is 9.78. The van der Waals surface area contributed by atoms with E-state index >= 15 is 0 Å². The molecule has 0 amide bonds. The lowest BCUT2D eigenvalue weighted by Gasteiger charge is -1.83. The molecular formula is CO5P2. The van der Waals surface area contributed by atoms with Crippen LogP contribution in [0.4, 0.5) is 4.79 Å². The van der Waals surface area contributed by atoms with Gasteiger partial charge >= 0.3 is 23.5 Å². The average molecular weight is 154 g/mol. The summed E-state index contributed by atoms with van der Waals surface area (Å²) in [6.45, 7) is 0. The average Bonchev–Trinajstić information content (AvgIpc) is 1.68. The standard InChI is InChI=1S/CO5P2/c2-1(5-7-3)6-8-4. The number of hydrogen-bond donors (Lipinski definition) is 0. The molecule has 0 aliphatic rings. The fourth-order valence-electron chi connectivity index (χ4n) is 0.0775. The summed E-state index contributed by atoms with van der Waals surface area (Å²) in [6.07, 6.45) is -1.24. The monoisotopic (exact) mass is 154 g/mol. The van der Waals surface area contributed by atoms with Gasteiger partial charge < -0.3 is 9.05 Å². The third-order valence-corrected chi connectivity index (χ3v) is 0.671. The molecule has 7 heteroatoms. The van der Waals surface area contributed by atoms with E-state index in [1.165, 1.54) is 0 Å². The van der Waals surface area contributed by atoms with E-state index < -0.39 is 23.5 Å². The topological polar surface area (TPSA) is 69.7 Å². The lowest BCUT2D eigenvalue weighted by Crippen LogP contribution is -1.89. The third kappa shape index (κ3) is 3.65. The third-order valence-electron chi connectivity index (χ3n) is 0.224. The highest BCUT2D eigenvalue weighted by atomic mass is 31.1. The van der Waals surface area contributed by atoms with Crippen LogP contribution < -0.4 is 0 Å². The highest BCUT2D eigenvalue weighted by Crippen LogP contribution is 2.03. The number of hydrogen-bond acceptors (Lipinski definition) is 5. The van der Waals surface area contributed by atoms with E-state index in [4.69, 9.17) is 0 Å². The molecule has 0 aliphatic heterocycles. The fourth-order valence-corrected chi connectivity index (χ4v) is 0.333. The smallest absolute Gasteiger partial charge is 0.339 e. The lowest BCUT2D eigenvalue weighted by atomic mass is 11.5. The van der Waals surface area contributed by atoms with Crippen molar-refractivity contribution in [3.8, 4) is 0 Å². The summed E-state index contributed by atoms with van der Waals surface area (Å²) in [5.41, 5.74) is 0. The zero-order valence-electron chi connectivity index (χ0n) is 3.44. The minimum atomic E-state index is -1.24. The van der Waals surface area contributed by atoms with Gasteiger partial charge in [-0.25, -0.2) is 13.9 Å². The van der Waals surface area contributed by atoms with E-state index in [2.05, 4.69) is 9.05 Å². The van der Waals surface area contributed by atoms with Crippen molar-refractivity contribution in [3.05, 3.63) is 0 Å². The Kier molecular flexibility index (Phi) is 4.32. The van der Waals surface area contributed by atoms with E-state index in [1.54, 1.807) is 0 Å². The molecule has 0 aromatic heterocycles. The van der Waals surface area contributed by atoms with Crippen molar-refractivity contribution < 1.29 is 23.0 Å². The molecule has 0 aromatic carbocycles. The van der Waals surface area contributed by atoms with E-state index in [0.29, 0.717) is 0 Å². The normalized spacial score (nSPS) is 9.00. The van der Waals surface area contributed by atoms with E-state index in [1.807, 2.05) is 0 Å². The molecule has 0 N–H and O–H groups in total. The molecule has 0 aromatic rings. The highest BCUT2D eigenvalue weighted by Gasteiger charge is 2.00. The Morgan fingerprint density at radius 1 is 1.12 bits per heavy atom. The van der Waals surface area contributed by atoms with Crippen LogP contribution in [0.25, 0.3) is 0 Å². The molecule has 0 saturated heterocycles. The van der Waals surface area contributed by atoms with Crippen LogP contribution in [0.3, 0.4) is 0 Å². The van der Waals surface area contributed by atoms with Gasteiger partial charge in [-0.1, -0.05) is 0 Å². The van der Waals surface area contributed by atoms with Gasteiger partial charge in [0, 0.05) is 0 Å². The summed E-state index contributed by atoms with van der Waals surface area (Å²) >= 11 is 0. The van der Waals surface area contributed by atoms with Gasteiger partial charge in [0.1, 0.15) is 0 Å². The van der Waals surface area contributed by atoms with Crippen LogP contribution in [0, 0.1) is 0 Å². The quantitative estimate of drug-likeness (QED) is 0.564. The summed E-state index contributed by atoms with van der Waals surface area (Å²) in [7, 11) is -1.64. The first-order chi connectivity index (χ1) is 3.81. The van der Waals surface area contributed by atoms with Crippen molar-refractivity contribution in [2.24, 2.45) is 0 Å². The summed E-state index contributed by atoms with van der Waals surface area (Å²) in [4.78, 5) is 9.78. The molecule has 0 rings (SSSR count). The number of rotatable bonds is 2. The van der Waals surface area contributed by atoms with Crippen LogP contribution in [0.5, 0.6) is 0 Å². The Hall–Kier alpha value is -0.530. The van der Waals surface area contributed by atoms with Crippen LogP contribution in [0.2, 0.25) is 0 Å². The largest absolute Gasteiger partial charge is 0.529 e. The van der Waals surface area contributed by atoms with Gasteiger partial charge in [0.15, 0.2) is 0 Å². The Balaban J connectivity index is 3.32. The van der Waals surface area contributed by atoms with Gasteiger partial charge in [-0.15, -0.1) is 0 Å². The maximum Gasteiger partial charge on any atom is 0.529 e. The molecule has 44 valence electrons. The van der Waals surface area contributed by atoms with Gasteiger partial charge in [0.25, 0.3) is 0 Å². The molecule has 0 bridgehead atoms. The lowest BCUT2D eigenvalue weighted by molar-refractivity contribution is 0.162. The van der Waals surface area contributed by atoms with Crippen molar-refractivity contribution in [1.82, 2.24) is 0 Å². The minimum absolute atomic E-state index is 0.819. The Morgan fingerprint density at radius 2 is 1.50 bits per heavy atom. The molecule has 5 nitrogen and oxygen atoms in total. The Morgan fingerprint density at radius 3 is 1.75 bits per heavy atom. The summed E-state index contributed by atoms with van der Waals surface area (Å²) in [5.74, 6) is 0.